The lowest BCUT2D eigenvalue weighted by molar-refractivity contribution is -0.131. The van der Waals surface area contributed by atoms with Crippen molar-refractivity contribution in [2.24, 2.45) is 23.7 Å². The van der Waals surface area contributed by atoms with Gasteiger partial charge in [0.05, 0.1) is 0 Å². The molecular formula is C44H60N4O2. The summed E-state index contributed by atoms with van der Waals surface area (Å²) in [5.41, 5.74) is 6.34. The van der Waals surface area contributed by atoms with Gasteiger partial charge in [0.15, 0.2) is 0 Å². The molecule has 6 nitrogen and oxygen atoms in total. The van der Waals surface area contributed by atoms with Crippen molar-refractivity contribution in [1.82, 2.24) is 20.4 Å². The van der Waals surface area contributed by atoms with Gasteiger partial charge in [-0.25, -0.2) is 0 Å². The van der Waals surface area contributed by atoms with E-state index in [4.69, 9.17) is 0 Å². The Balaban J connectivity index is 0.671. The number of hydrogen-bond donors (Lipinski definition) is 2. The minimum absolute atomic E-state index is 0.00717. The average Bonchev–Trinajstić information content (AvgIpc) is 3.92. The van der Waals surface area contributed by atoms with Crippen LogP contribution in [0.25, 0.3) is 0 Å². The summed E-state index contributed by atoms with van der Waals surface area (Å²) in [6.45, 7) is 2.43. The summed E-state index contributed by atoms with van der Waals surface area (Å²) in [6.07, 6.45) is 20.8. The maximum atomic E-state index is 13.4. The first-order valence-electron chi connectivity index (χ1n) is 20.9. The summed E-state index contributed by atoms with van der Waals surface area (Å²) in [5, 5.41) is 6.90. The van der Waals surface area contributed by atoms with Crippen molar-refractivity contribution < 1.29 is 9.59 Å². The number of amides is 2. The molecule has 7 aliphatic rings. The zero-order valence-corrected chi connectivity index (χ0v) is 30.2. The Bertz CT molecular complexity index is 1350. The molecule has 2 aromatic carbocycles. The summed E-state index contributed by atoms with van der Waals surface area (Å²) in [7, 11) is 0. The molecule has 2 N–H and O–H groups in total. The lowest BCUT2D eigenvalue weighted by Crippen LogP contribution is -2.45. The van der Waals surface area contributed by atoms with Gasteiger partial charge >= 0.3 is 0 Å². The molecule has 4 aliphatic heterocycles. The van der Waals surface area contributed by atoms with Crippen LogP contribution >= 0.6 is 0 Å². The van der Waals surface area contributed by atoms with Gasteiger partial charge in [-0.05, 0) is 156 Å². The van der Waals surface area contributed by atoms with E-state index in [9.17, 15) is 9.59 Å². The molecule has 6 atom stereocenters. The molecule has 5 fully saturated rings. The summed E-state index contributed by atoms with van der Waals surface area (Å²) >= 11 is 0. The second-order valence-electron chi connectivity index (χ2n) is 17.5. The van der Waals surface area contributed by atoms with E-state index in [0.717, 1.165) is 63.2 Å². The number of fused-ring (bicyclic) bond motifs is 10. The van der Waals surface area contributed by atoms with E-state index in [1.54, 1.807) is 22.3 Å². The van der Waals surface area contributed by atoms with E-state index in [-0.39, 0.29) is 23.7 Å². The van der Waals surface area contributed by atoms with Crippen LogP contribution < -0.4 is 10.6 Å². The Kier molecular flexibility index (Phi) is 9.53. The van der Waals surface area contributed by atoms with E-state index >= 15 is 0 Å². The monoisotopic (exact) mass is 676 g/mol. The third kappa shape index (κ3) is 6.46. The van der Waals surface area contributed by atoms with Gasteiger partial charge in [-0.15, -0.1) is 0 Å². The Morgan fingerprint density at radius 1 is 0.500 bits per heavy atom. The van der Waals surface area contributed by atoms with E-state index in [2.05, 4.69) is 69.0 Å². The predicted octanol–water partition coefficient (Wildman–Crippen LogP) is 8.71. The summed E-state index contributed by atoms with van der Waals surface area (Å²) in [6, 6.07) is 21.4. The first kappa shape index (κ1) is 33.2. The van der Waals surface area contributed by atoms with Gasteiger partial charge in [0.2, 0.25) is 11.8 Å². The molecule has 0 spiro atoms. The minimum Gasteiger partial charge on any atom is -0.353 e. The fourth-order valence-electron chi connectivity index (χ4n) is 12.1. The highest BCUT2D eigenvalue weighted by atomic mass is 16.2. The van der Waals surface area contributed by atoms with Gasteiger partial charge in [-0.2, -0.15) is 0 Å². The molecule has 3 saturated carbocycles. The first-order valence-corrected chi connectivity index (χ1v) is 20.9. The number of hydrogen-bond acceptors (Lipinski definition) is 4. The third-order valence-electron chi connectivity index (χ3n) is 14.8. The first-order chi connectivity index (χ1) is 24.6. The van der Waals surface area contributed by atoms with Gasteiger partial charge in [0, 0.05) is 48.1 Å². The molecule has 6 unspecified atom stereocenters. The average molecular weight is 677 g/mol. The fraction of sp³-hybridized carbons (Fsp3) is 0.682. The second-order valence-corrected chi connectivity index (χ2v) is 17.5. The molecule has 268 valence electrons. The molecule has 4 bridgehead atoms. The van der Waals surface area contributed by atoms with Crippen LogP contribution in [0.15, 0.2) is 48.5 Å². The van der Waals surface area contributed by atoms with E-state index < -0.39 is 0 Å². The minimum atomic E-state index is -0.00717. The van der Waals surface area contributed by atoms with Crippen LogP contribution in [0.1, 0.15) is 162 Å². The number of carbonyl (C=O) groups excluding carboxylic acids is 2. The van der Waals surface area contributed by atoms with Crippen LogP contribution in [0.2, 0.25) is 0 Å². The number of nitrogens with one attached hydrogen (secondary N) is 2. The van der Waals surface area contributed by atoms with E-state index in [1.807, 2.05) is 0 Å². The number of rotatable bonds is 10. The summed E-state index contributed by atoms with van der Waals surface area (Å²) < 4.78 is 0. The van der Waals surface area contributed by atoms with Crippen LogP contribution in [-0.4, -0.2) is 46.8 Å². The van der Waals surface area contributed by atoms with Gasteiger partial charge in [-0.1, -0.05) is 55.0 Å². The van der Waals surface area contributed by atoms with Gasteiger partial charge in [-0.3, -0.25) is 19.4 Å². The Morgan fingerprint density at radius 3 is 1.22 bits per heavy atom. The zero-order chi connectivity index (χ0) is 33.6. The largest absolute Gasteiger partial charge is 0.353 e. The summed E-state index contributed by atoms with van der Waals surface area (Å²) in [5.74, 6) is 1.98. The molecule has 2 aromatic rings. The molecule has 50 heavy (non-hydrogen) atoms. The van der Waals surface area contributed by atoms with Crippen LogP contribution in [-0.2, 0) is 9.59 Å². The van der Waals surface area contributed by atoms with Crippen molar-refractivity contribution in [2.75, 3.05) is 13.1 Å². The van der Waals surface area contributed by atoms with Crippen molar-refractivity contribution in [3.8, 4) is 0 Å². The third-order valence-corrected chi connectivity index (χ3v) is 14.8. The predicted molar refractivity (Wildman–Crippen MR) is 198 cm³/mol. The molecule has 2 saturated heterocycles. The van der Waals surface area contributed by atoms with Crippen LogP contribution in [0, 0.1) is 23.7 Å². The summed E-state index contributed by atoms with van der Waals surface area (Å²) in [4.78, 5) is 32.5. The molecule has 4 heterocycles. The van der Waals surface area contributed by atoms with Gasteiger partial charge < -0.3 is 10.6 Å². The topological polar surface area (TPSA) is 64.7 Å². The van der Waals surface area contributed by atoms with E-state index in [0.29, 0.717) is 36.3 Å². The van der Waals surface area contributed by atoms with Crippen molar-refractivity contribution in [3.05, 3.63) is 70.8 Å². The van der Waals surface area contributed by atoms with Crippen LogP contribution in [0.3, 0.4) is 0 Å². The maximum Gasteiger partial charge on any atom is 0.223 e. The molecule has 6 heteroatoms. The molecular weight excluding hydrogens is 617 g/mol. The van der Waals surface area contributed by atoms with Crippen molar-refractivity contribution in [2.45, 2.75) is 152 Å². The van der Waals surface area contributed by atoms with Crippen LogP contribution in [0.4, 0.5) is 0 Å². The Hall–Kier alpha value is -2.70. The number of nitrogens with zero attached hydrogens (tertiary/aromatic N) is 2. The van der Waals surface area contributed by atoms with Gasteiger partial charge in [0.25, 0.3) is 0 Å². The van der Waals surface area contributed by atoms with Gasteiger partial charge in [0.1, 0.15) is 0 Å². The van der Waals surface area contributed by atoms with Crippen molar-refractivity contribution in [1.29, 1.82) is 0 Å². The highest BCUT2D eigenvalue weighted by Gasteiger charge is 2.44. The second kappa shape index (κ2) is 14.4. The molecule has 2 amide bonds. The lowest BCUT2D eigenvalue weighted by atomic mass is 9.79. The maximum absolute atomic E-state index is 13.4. The number of benzene rings is 2. The SMILES string of the molecule is O=C(NC1CCC(CCN2C3CCC2c2ccccc23)CC1)C1CCCC(C(=O)NC2CCC(CCN3C4CCC3c3ccccc34)CC2)C1. The highest BCUT2D eigenvalue weighted by Crippen LogP contribution is 2.54. The fourth-order valence-corrected chi connectivity index (χ4v) is 12.1. The van der Waals surface area contributed by atoms with Crippen molar-refractivity contribution >= 4 is 11.8 Å². The quantitative estimate of drug-likeness (QED) is 0.264. The molecule has 0 aromatic heterocycles. The normalized spacial score (nSPS) is 36.2. The van der Waals surface area contributed by atoms with Crippen LogP contribution in [0.5, 0.6) is 0 Å². The zero-order valence-electron chi connectivity index (χ0n) is 30.2. The molecule has 9 rings (SSSR count). The Morgan fingerprint density at radius 2 is 0.860 bits per heavy atom. The number of carbonyl (C=O) groups is 2. The smallest absolute Gasteiger partial charge is 0.223 e. The lowest BCUT2D eigenvalue weighted by Gasteiger charge is -2.34. The molecule has 3 aliphatic carbocycles. The van der Waals surface area contributed by atoms with E-state index in [1.165, 1.54) is 77.3 Å². The Labute approximate surface area is 300 Å². The molecule has 0 radical (unpaired) electrons. The van der Waals surface area contributed by atoms with Crippen molar-refractivity contribution in [3.63, 3.8) is 0 Å². The highest BCUT2D eigenvalue weighted by molar-refractivity contribution is 5.82. The standard InChI is InChI=1S/C44H60N4O2/c49-43(45-33-16-12-29(13-17-33)24-26-47-39-20-21-40(47)36-9-2-1-8-35(36)39)31-6-5-7-32(28-31)44(50)46-34-18-14-30(15-19-34)25-27-48-41-22-23-42(48)38-11-4-3-10-37(38)41/h1-4,8-11,29-34,39-42H,5-7,12-28H2,(H,45,49)(H,46,50).